The average molecular weight is 235 g/mol. The fourth-order valence-corrected chi connectivity index (χ4v) is 1.46. The Morgan fingerprint density at radius 2 is 1.88 bits per heavy atom. The van der Waals surface area contributed by atoms with Gasteiger partial charge in [-0.25, -0.2) is 0 Å². The van der Waals surface area contributed by atoms with Gasteiger partial charge in [-0.1, -0.05) is 19.1 Å². The Balaban J connectivity index is 2.48. The van der Waals surface area contributed by atoms with Crippen LogP contribution in [-0.2, 0) is 16.0 Å². The van der Waals surface area contributed by atoms with Crippen molar-refractivity contribution in [2.75, 3.05) is 6.54 Å². The minimum Gasteiger partial charge on any atom is -0.508 e. The molecule has 0 fully saturated rings. The number of benzene rings is 1. The molecule has 0 aromatic heterocycles. The number of hydrogen-bond acceptors (Lipinski definition) is 3. The van der Waals surface area contributed by atoms with Crippen molar-refractivity contribution in [2.24, 2.45) is 5.92 Å². The zero-order valence-corrected chi connectivity index (χ0v) is 10.1. The predicted molar refractivity (Wildman–Crippen MR) is 64.7 cm³/mol. The van der Waals surface area contributed by atoms with Crippen LogP contribution in [0.25, 0.3) is 0 Å². The second-order valence-electron chi connectivity index (χ2n) is 4.19. The van der Waals surface area contributed by atoms with Gasteiger partial charge in [0.1, 0.15) is 11.5 Å². The molecule has 0 heterocycles. The normalized spacial score (nSPS) is 11.9. The van der Waals surface area contributed by atoms with E-state index >= 15 is 0 Å². The third-order valence-corrected chi connectivity index (χ3v) is 2.44. The highest BCUT2D eigenvalue weighted by atomic mass is 16.3. The first-order chi connectivity index (χ1) is 7.99. The number of Topliss-reactive ketones (excluding diaryl/α,β-unsaturated/α-hetero) is 1. The zero-order valence-electron chi connectivity index (χ0n) is 10.1. The fraction of sp³-hybridized carbons (Fsp3) is 0.385. The smallest absolute Gasteiger partial charge is 0.223 e. The Morgan fingerprint density at radius 1 is 1.29 bits per heavy atom. The Labute approximate surface area is 101 Å². The zero-order chi connectivity index (χ0) is 12.8. The number of ketones is 1. The highest BCUT2D eigenvalue weighted by molar-refractivity contribution is 5.85. The molecule has 1 atom stereocenters. The van der Waals surface area contributed by atoms with Gasteiger partial charge in [0.15, 0.2) is 0 Å². The number of aromatic hydroxyl groups is 1. The lowest BCUT2D eigenvalue weighted by atomic mass is 10.0. The van der Waals surface area contributed by atoms with Crippen molar-refractivity contribution < 1.29 is 14.7 Å². The molecule has 1 rings (SSSR count). The Bertz CT molecular complexity index is 398. The molecule has 0 aliphatic carbocycles. The van der Waals surface area contributed by atoms with Crippen molar-refractivity contribution in [3.8, 4) is 5.75 Å². The van der Waals surface area contributed by atoms with Crippen LogP contribution in [0.2, 0.25) is 0 Å². The standard InChI is InChI=1S/C13H17NO3/c1-9(13(17)14-8-10(2)15)7-11-3-5-12(16)6-4-11/h3-6,9,16H,7-8H2,1-2H3,(H,14,17)/t9-/m0/s1. The van der Waals surface area contributed by atoms with Gasteiger partial charge in [0.25, 0.3) is 0 Å². The number of carbonyl (C=O) groups is 2. The summed E-state index contributed by atoms with van der Waals surface area (Å²) in [5.74, 6) is -0.176. The molecule has 4 heteroatoms. The highest BCUT2D eigenvalue weighted by Crippen LogP contribution is 2.13. The number of nitrogens with one attached hydrogen (secondary N) is 1. The van der Waals surface area contributed by atoms with Crippen LogP contribution in [0.5, 0.6) is 5.75 Å². The van der Waals surface area contributed by atoms with Crippen molar-refractivity contribution in [1.29, 1.82) is 0 Å². The molecule has 0 unspecified atom stereocenters. The summed E-state index contributed by atoms with van der Waals surface area (Å²) in [5, 5.41) is 11.7. The molecule has 2 N–H and O–H groups in total. The fourth-order valence-electron chi connectivity index (χ4n) is 1.46. The van der Waals surface area contributed by atoms with Gasteiger partial charge in [-0.15, -0.1) is 0 Å². The Hall–Kier alpha value is -1.84. The van der Waals surface area contributed by atoms with Gasteiger partial charge in [-0.2, -0.15) is 0 Å². The lowest BCUT2D eigenvalue weighted by Crippen LogP contribution is -2.33. The molecule has 0 saturated carbocycles. The van der Waals surface area contributed by atoms with Crippen LogP contribution in [-0.4, -0.2) is 23.3 Å². The van der Waals surface area contributed by atoms with Gasteiger partial charge >= 0.3 is 0 Å². The Morgan fingerprint density at radius 3 is 2.41 bits per heavy atom. The van der Waals surface area contributed by atoms with Gasteiger partial charge in [-0.3, -0.25) is 9.59 Å². The number of carbonyl (C=O) groups excluding carboxylic acids is 2. The maximum atomic E-state index is 11.6. The molecular weight excluding hydrogens is 218 g/mol. The topological polar surface area (TPSA) is 66.4 Å². The van der Waals surface area contributed by atoms with Gasteiger partial charge in [-0.05, 0) is 31.0 Å². The minimum atomic E-state index is -0.195. The van der Waals surface area contributed by atoms with Crippen LogP contribution in [0.3, 0.4) is 0 Å². The maximum absolute atomic E-state index is 11.6. The van der Waals surface area contributed by atoms with Gasteiger partial charge in [0.2, 0.25) is 5.91 Å². The molecule has 0 aliphatic heterocycles. The molecule has 0 bridgehead atoms. The van der Waals surface area contributed by atoms with E-state index in [0.717, 1.165) is 5.56 Å². The van der Waals surface area contributed by atoms with E-state index in [1.54, 1.807) is 24.3 Å². The van der Waals surface area contributed by atoms with Gasteiger partial charge in [0.05, 0.1) is 6.54 Å². The van der Waals surface area contributed by atoms with Crippen molar-refractivity contribution in [3.63, 3.8) is 0 Å². The average Bonchev–Trinajstić information content (AvgIpc) is 2.28. The number of phenolic OH excluding ortho intramolecular Hbond substituents is 1. The van der Waals surface area contributed by atoms with Crippen molar-refractivity contribution >= 4 is 11.7 Å². The summed E-state index contributed by atoms with van der Waals surface area (Å²) in [6.07, 6.45) is 0.587. The second kappa shape index (κ2) is 6.03. The SMILES string of the molecule is CC(=O)CNC(=O)[C@@H](C)Cc1ccc(O)cc1. The van der Waals surface area contributed by atoms with Crippen LogP contribution < -0.4 is 5.32 Å². The van der Waals surface area contributed by atoms with E-state index < -0.39 is 0 Å². The van der Waals surface area contributed by atoms with E-state index in [4.69, 9.17) is 5.11 Å². The first kappa shape index (κ1) is 13.2. The van der Waals surface area contributed by atoms with Crippen LogP contribution in [0.15, 0.2) is 24.3 Å². The van der Waals surface area contributed by atoms with Crippen molar-refractivity contribution in [3.05, 3.63) is 29.8 Å². The molecule has 0 radical (unpaired) electrons. The van der Waals surface area contributed by atoms with Gasteiger partial charge < -0.3 is 10.4 Å². The monoisotopic (exact) mass is 235 g/mol. The molecule has 0 aliphatic rings. The summed E-state index contributed by atoms with van der Waals surface area (Å²) in [4.78, 5) is 22.3. The van der Waals surface area contributed by atoms with E-state index in [9.17, 15) is 9.59 Å². The third-order valence-electron chi connectivity index (χ3n) is 2.44. The van der Waals surface area contributed by atoms with Crippen LogP contribution >= 0.6 is 0 Å². The van der Waals surface area contributed by atoms with Crippen LogP contribution in [0.4, 0.5) is 0 Å². The number of amides is 1. The minimum absolute atomic E-state index is 0.0600. The largest absolute Gasteiger partial charge is 0.508 e. The molecule has 1 amide bonds. The first-order valence-electron chi connectivity index (χ1n) is 5.54. The van der Waals surface area contributed by atoms with E-state index in [2.05, 4.69) is 5.32 Å². The predicted octanol–water partition coefficient (Wildman–Crippen LogP) is 1.28. The van der Waals surface area contributed by atoms with Crippen LogP contribution in [0, 0.1) is 5.92 Å². The summed E-state index contributed by atoms with van der Waals surface area (Å²) in [7, 11) is 0. The van der Waals surface area contributed by atoms with Crippen molar-refractivity contribution in [2.45, 2.75) is 20.3 Å². The van der Waals surface area contributed by atoms with Gasteiger partial charge in [0, 0.05) is 5.92 Å². The van der Waals surface area contributed by atoms with E-state index in [0.29, 0.717) is 6.42 Å². The summed E-state index contributed by atoms with van der Waals surface area (Å²) < 4.78 is 0. The number of hydrogen-bond donors (Lipinski definition) is 2. The van der Waals surface area contributed by atoms with E-state index in [1.165, 1.54) is 6.92 Å². The Kier molecular flexibility index (Phi) is 4.69. The van der Waals surface area contributed by atoms with Crippen molar-refractivity contribution in [1.82, 2.24) is 5.32 Å². The molecule has 4 nitrogen and oxygen atoms in total. The lowest BCUT2D eigenvalue weighted by molar-refractivity contribution is -0.127. The second-order valence-corrected chi connectivity index (χ2v) is 4.19. The number of phenols is 1. The summed E-state index contributed by atoms with van der Waals surface area (Å²) in [6.45, 7) is 3.33. The summed E-state index contributed by atoms with van der Waals surface area (Å²) in [5.41, 5.74) is 0.980. The van der Waals surface area contributed by atoms with E-state index in [-0.39, 0.29) is 29.9 Å². The lowest BCUT2D eigenvalue weighted by Gasteiger charge is -2.11. The molecular formula is C13H17NO3. The molecule has 1 aromatic carbocycles. The van der Waals surface area contributed by atoms with E-state index in [1.807, 2.05) is 6.92 Å². The highest BCUT2D eigenvalue weighted by Gasteiger charge is 2.13. The summed E-state index contributed by atoms with van der Waals surface area (Å²) in [6, 6.07) is 6.75. The summed E-state index contributed by atoms with van der Waals surface area (Å²) >= 11 is 0. The third kappa shape index (κ3) is 4.68. The quantitative estimate of drug-likeness (QED) is 0.807. The molecule has 92 valence electrons. The first-order valence-corrected chi connectivity index (χ1v) is 5.54. The molecule has 1 aromatic rings. The maximum Gasteiger partial charge on any atom is 0.223 e. The molecule has 0 spiro atoms. The van der Waals surface area contributed by atoms with Crippen LogP contribution in [0.1, 0.15) is 19.4 Å². The molecule has 0 saturated heterocycles. The molecule has 17 heavy (non-hydrogen) atoms. The number of rotatable bonds is 5.